The first-order valence-electron chi connectivity index (χ1n) is 7.23. The molecular weight excluding hydrogens is 222 g/mol. The Kier molecular flexibility index (Phi) is 5.21. The molecule has 0 atom stereocenters. The Morgan fingerprint density at radius 2 is 1.78 bits per heavy atom. The lowest BCUT2D eigenvalue weighted by Crippen LogP contribution is -2.38. The molecule has 1 aliphatic carbocycles. The molecule has 2 heteroatoms. The summed E-state index contributed by atoms with van der Waals surface area (Å²) in [5.74, 6) is 0. The third kappa shape index (κ3) is 3.82. The van der Waals surface area contributed by atoms with Crippen LogP contribution >= 0.6 is 0 Å². The molecule has 2 N–H and O–H groups in total. The van der Waals surface area contributed by atoms with Gasteiger partial charge in [-0.3, -0.25) is 0 Å². The summed E-state index contributed by atoms with van der Waals surface area (Å²) in [7, 11) is 0. The van der Waals surface area contributed by atoms with Crippen molar-refractivity contribution in [3.05, 3.63) is 35.9 Å². The second-order valence-corrected chi connectivity index (χ2v) is 5.39. The van der Waals surface area contributed by atoms with Crippen LogP contribution in [0.4, 0.5) is 0 Å². The Morgan fingerprint density at radius 3 is 2.44 bits per heavy atom. The van der Waals surface area contributed by atoms with Gasteiger partial charge in [0.2, 0.25) is 0 Å². The molecule has 100 valence electrons. The molecular formula is C16H25NO. The first-order chi connectivity index (χ1) is 8.85. The molecule has 0 bridgehead atoms. The Hall–Kier alpha value is -0.860. The number of rotatable bonds is 7. The summed E-state index contributed by atoms with van der Waals surface area (Å²) in [5.41, 5.74) is 7.29. The van der Waals surface area contributed by atoms with Gasteiger partial charge >= 0.3 is 0 Å². The maximum Gasteiger partial charge on any atom is 0.0804 e. The fourth-order valence-corrected chi connectivity index (χ4v) is 2.79. The Balaban J connectivity index is 1.61. The van der Waals surface area contributed by atoms with Gasteiger partial charge in [-0.2, -0.15) is 0 Å². The van der Waals surface area contributed by atoms with Crippen LogP contribution in [0.2, 0.25) is 0 Å². The van der Waals surface area contributed by atoms with Gasteiger partial charge in [0.25, 0.3) is 0 Å². The molecule has 0 spiro atoms. The smallest absolute Gasteiger partial charge is 0.0804 e. The highest BCUT2D eigenvalue weighted by Crippen LogP contribution is 2.32. The minimum absolute atomic E-state index is 0.0206. The molecule has 0 aromatic heterocycles. The highest BCUT2D eigenvalue weighted by atomic mass is 16.5. The summed E-state index contributed by atoms with van der Waals surface area (Å²) in [5, 5.41) is 0. The lowest BCUT2D eigenvalue weighted by atomic mass is 10.0. The van der Waals surface area contributed by atoms with Crippen molar-refractivity contribution in [1.82, 2.24) is 0 Å². The van der Waals surface area contributed by atoms with E-state index in [2.05, 4.69) is 30.3 Å². The largest absolute Gasteiger partial charge is 0.374 e. The van der Waals surface area contributed by atoms with Crippen LogP contribution in [0.5, 0.6) is 0 Å². The van der Waals surface area contributed by atoms with E-state index < -0.39 is 0 Å². The fourth-order valence-electron chi connectivity index (χ4n) is 2.79. The van der Waals surface area contributed by atoms with Crippen LogP contribution in [0.25, 0.3) is 0 Å². The van der Waals surface area contributed by atoms with Crippen molar-refractivity contribution in [3.8, 4) is 0 Å². The zero-order valence-corrected chi connectivity index (χ0v) is 11.2. The summed E-state index contributed by atoms with van der Waals surface area (Å²) >= 11 is 0. The van der Waals surface area contributed by atoms with Crippen LogP contribution < -0.4 is 5.73 Å². The molecule has 0 saturated heterocycles. The highest BCUT2D eigenvalue weighted by Gasteiger charge is 2.32. The highest BCUT2D eigenvalue weighted by molar-refractivity contribution is 5.14. The molecule has 18 heavy (non-hydrogen) atoms. The standard InChI is InChI=1S/C16H25NO/c17-14-16(11-5-6-12-16)18-13-7-4-10-15-8-2-1-3-9-15/h1-3,8-9H,4-7,10-14,17H2. The van der Waals surface area contributed by atoms with Crippen molar-refractivity contribution in [2.75, 3.05) is 13.2 Å². The van der Waals surface area contributed by atoms with Crippen molar-refractivity contribution in [3.63, 3.8) is 0 Å². The van der Waals surface area contributed by atoms with E-state index in [0.717, 1.165) is 32.3 Å². The molecule has 1 aromatic rings. The van der Waals surface area contributed by atoms with Gasteiger partial charge in [0.15, 0.2) is 0 Å². The predicted molar refractivity (Wildman–Crippen MR) is 75.6 cm³/mol. The van der Waals surface area contributed by atoms with Gasteiger partial charge in [0.05, 0.1) is 5.60 Å². The summed E-state index contributed by atoms with van der Waals surface area (Å²) < 4.78 is 6.05. The van der Waals surface area contributed by atoms with Gasteiger partial charge in [-0.05, 0) is 37.7 Å². The van der Waals surface area contributed by atoms with Gasteiger partial charge in [-0.1, -0.05) is 43.2 Å². The second-order valence-electron chi connectivity index (χ2n) is 5.39. The molecule has 1 aromatic carbocycles. The summed E-state index contributed by atoms with van der Waals surface area (Å²) in [6, 6.07) is 10.7. The van der Waals surface area contributed by atoms with E-state index in [9.17, 15) is 0 Å². The molecule has 0 unspecified atom stereocenters. The van der Waals surface area contributed by atoms with E-state index in [1.54, 1.807) is 0 Å². The number of ether oxygens (including phenoxy) is 1. The number of nitrogens with two attached hydrogens (primary N) is 1. The molecule has 1 fully saturated rings. The average Bonchev–Trinajstić information content (AvgIpc) is 2.89. The van der Waals surface area contributed by atoms with Crippen LogP contribution in [-0.2, 0) is 11.2 Å². The van der Waals surface area contributed by atoms with Gasteiger partial charge in [0.1, 0.15) is 0 Å². The summed E-state index contributed by atoms with van der Waals surface area (Å²) in [6.45, 7) is 1.55. The Bertz CT molecular complexity index is 330. The van der Waals surface area contributed by atoms with Gasteiger partial charge in [-0.15, -0.1) is 0 Å². The lowest BCUT2D eigenvalue weighted by molar-refractivity contribution is -0.0349. The fraction of sp³-hybridized carbons (Fsp3) is 0.625. The number of unbranched alkanes of at least 4 members (excludes halogenated alkanes) is 1. The number of benzene rings is 1. The van der Waals surface area contributed by atoms with E-state index in [1.165, 1.54) is 24.8 Å². The average molecular weight is 247 g/mol. The van der Waals surface area contributed by atoms with Crippen LogP contribution in [-0.4, -0.2) is 18.8 Å². The van der Waals surface area contributed by atoms with Gasteiger partial charge in [-0.25, -0.2) is 0 Å². The van der Waals surface area contributed by atoms with Crippen LogP contribution in [0, 0.1) is 0 Å². The first-order valence-corrected chi connectivity index (χ1v) is 7.23. The van der Waals surface area contributed by atoms with Crippen molar-refractivity contribution in [2.45, 2.75) is 50.5 Å². The van der Waals surface area contributed by atoms with Crippen LogP contribution in [0.1, 0.15) is 44.1 Å². The van der Waals surface area contributed by atoms with Crippen molar-refractivity contribution < 1.29 is 4.74 Å². The zero-order valence-electron chi connectivity index (χ0n) is 11.2. The Morgan fingerprint density at radius 1 is 1.06 bits per heavy atom. The Labute approximate surface area is 111 Å². The lowest BCUT2D eigenvalue weighted by Gasteiger charge is -2.27. The predicted octanol–water partition coefficient (Wildman–Crippen LogP) is 3.30. The van der Waals surface area contributed by atoms with Gasteiger partial charge in [0, 0.05) is 13.2 Å². The molecule has 1 saturated carbocycles. The molecule has 0 heterocycles. The molecule has 0 radical (unpaired) electrons. The summed E-state index contributed by atoms with van der Waals surface area (Å²) in [4.78, 5) is 0. The molecule has 2 nitrogen and oxygen atoms in total. The van der Waals surface area contributed by atoms with E-state index in [4.69, 9.17) is 10.5 Å². The number of hydrogen-bond acceptors (Lipinski definition) is 2. The number of hydrogen-bond donors (Lipinski definition) is 1. The molecule has 0 aliphatic heterocycles. The topological polar surface area (TPSA) is 35.2 Å². The van der Waals surface area contributed by atoms with E-state index in [-0.39, 0.29) is 5.60 Å². The molecule has 0 amide bonds. The van der Waals surface area contributed by atoms with Crippen molar-refractivity contribution >= 4 is 0 Å². The van der Waals surface area contributed by atoms with Gasteiger partial charge < -0.3 is 10.5 Å². The molecule has 2 rings (SSSR count). The van der Waals surface area contributed by atoms with Crippen LogP contribution in [0.15, 0.2) is 30.3 Å². The maximum absolute atomic E-state index is 6.05. The maximum atomic E-state index is 6.05. The first kappa shape index (κ1) is 13.6. The minimum atomic E-state index is 0.0206. The minimum Gasteiger partial charge on any atom is -0.374 e. The normalized spacial score (nSPS) is 18.1. The second kappa shape index (κ2) is 6.91. The quantitative estimate of drug-likeness (QED) is 0.750. The third-order valence-corrected chi connectivity index (χ3v) is 4.00. The van der Waals surface area contributed by atoms with E-state index >= 15 is 0 Å². The van der Waals surface area contributed by atoms with E-state index in [0.29, 0.717) is 6.54 Å². The van der Waals surface area contributed by atoms with Crippen molar-refractivity contribution in [2.24, 2.45) is 5.73 Å². The van der Waals surface area contributed by atoms with E-state index in [1.807, 2.05) is 0 Å². The monoisotopic (exact) mass is 247 g/mol. The number of aryl methyl sites for hydroxylation is 1. The van der Waals surface area contributed by atoms with Crippen LogP contribution in [0.3, 0.4) is 0 Å². The summed E-state index contributed by atoms with van der Waals surface area (Å²) in [6.07, 6.45) is 8.36. The van der Waals surface area contributed by atoms with Crippen molar-refractivity contribution in [1.29, 1.82) is 0 Å². The third-order valence-electron chi connectivity index (χ3n) is 4.00. The SMILES string of the molecule is NCC1(OCCCCc2ccccc2)CCCC1. The molecule has 1 aliphatic rings. The zero-order chi connectivity index (χ0) is 12.7.